The van der Waals surface area contributed by atoms with Crippen LogP contribution in [0.3, 0.4) is 0 Å². The first kappa shape index (κ1) is 17.2. The molecule has 1 aliphatic rings. The zero-order valence-electron chi connectivity index (χ0n) is 15.1. The highest BCUT2D eigenvalue weighted by atomic mass is 32.1. The van der Waals surface area contributed by atoms with Crippen LogP contribution >= 0.6 is 11.3 Å². The second kappa shape index (κ2) is 6.85. The van der Waals surface area contributed by atoms with E-state index in [1.807, 2.05) is 24.6 Å². The van der Waals surface area contributed by atoms with E-state index in [2.05, 4.69) is 23.1 Å². The van der Waals surface area contributed by atoms with E-state index in [4.69, 9.17) is 4.98 Å². The maximum absolute atomic E-state index is 11.9. The summed E-state index contributed by atoms with van der Waals surface area (Å²) >= 11 is 1.78. The maximum atomic E-state index is 11.9. The number of hydrogen-bond acceptors (Lipinski definition) is 5. The highest BCUT2D eigenvalue weighted by molar-refractivity contribution is 7.18. The molecule has 5 nitrogen and oxygen atoms in total. The molecule has 6 heteroatoms. The third-order valence-corrected chi connectivity index (χ3v) is 6.52. The standard InChI is InChI=1S/C20H23N3O2S/c1-13-10-17(24)19(25)16(22(13)2)12-23-9-5-6-14(11-23)20-21-15-7-3-4-8-18(15)26-20/h3-4,7-8,10,14,25H,5-6,9,11-12H2,1-2H3/t14-/m0/s1. The topological polar surface area (TPSA) is 58.4 Å². The lowest BCUT2D eigenvalue weighted by molar-refractivity contribution is 0.193. The molecular weight excluding hydrogens is 346 g/mol. The lowest BCUT2D eigenvalue weighted by Crippen LogP contribution is -2.35. The minimum atomic E-state index is -0.296. The van der Waals surface area contributed by atoms with Gasteiger partial charge in [0, 0.05) is 37.8 Å². The van der Waals surface area contributed by atoms with Gasteiger partial charge in [0.05, 0.1) is 20.9 Å². The summed E-state index contributed by atoms with van der Waals surface area (Å²) in [5, 5.41) is 11.4. The number of aryl methyl sites for hydroxylation is 1. The number of aromatic hydroxyl groups is 1. The number of likely N-dealkylation sites (tertiary alicyclic amines) is 1. The van der Waals surface area contributed by atoms with Crippen molar-refractivity contribution in [1.82, 2.24) is 14.5 Å². The summed E-state index contributed by atoms with van der Waals surface area (Å²) in [6.07, 6.45) is 2.23. The summed E-state index contributed by atoms with van der Waals surface area (Å²) in [6.45, 7) is 4.36. The molecule has 4 rings (SSSR count). The Morgan fingerprint density at radius 3 is 2.96 bits per heavy atom. The van der Waals surface area contributed by atoms with Crippen molar-refractivity contribution in [2.75, 3.05) is 13.1 Å². The molecule has 0 spiro atoms. The van der Waals surface area contributed by atoms with Gasteiger partial charge in [0.25, 0.3) is 0 Å². The molecule has 1 N–H and O–H groups in total. The summed E-state index contributed by atoms with van der Waals surface area (Å²) in [6, 6.07) is 9.76. The predicted octanol–water partition coefficient (Wildman–Crippen LogP) is 3.39. The number of benzene rings is 1. The number of para-hydroxylation sites is 1. The Kier molecular flexibility index (Phi) is 4.54. The third kappa shape index (κ3) is 3.15. The number of aromatic nitrogens is 2. The fraction of sp³-hybridized carbons (Fsp3) is 0.400. The van der Waals surface area contributed by atoms with Gasteiger partial charge in [-0.05, 0) is 38.4 Å². The van der Waals surface area contributed by atoms with E-state index in [1.165, 1.54) is 15.8 Å². The predicted molar refractivity (Wildman–Crippen MR) is 105 cm³/mol. The van der Waals surface area contributed by atoms with Crippen molar-refractivity contribution in [3.63, 3.8) is 0 Å². The SMILES string of the molecule is Cc1cc(=O)c(O)c(CN2CCC[C@H](c3nc4ccccc4s3)C2)n1C. The Morgan fingerprint density at radius 1 is 1.35 bits per heavy atom. The summed E-state index contributed by atoms with van der Waals surface area (Å²) < 4.78 is 3.15. The van der Waals surface area contributed by atoms with Crippen molar-refractivity contribution in [3.8, 4) is 5.75 Å². The normalized spacial score (nSPS) is 18.5. The van der Waals surface area contributed by atoms with Crippen LogP contribution in [0.2, 0.25) is 0 Å². The second-order valence-electron chi connectivity index (χ2n) is 7.10. The van der Waals surface area contributed by atoms with E-state index in [0.717, 1.165) is 37.1 Å². The fourth-order valence-corrected chi connectivity index (χ4v) is 4.82. The quantitative estimate of drug-likeness (QED) is 0.769. The molecule has 3 aromatic rings. The monoisotopic (exact) mass is 369 g/mol. The molecule has 0 bridgehead atoms. The van der Waals surface area contributed by atoms with Gasteiger partial charge < -0.3 is 9.67 Å². The van der Waals surface area contributed by atoms with Crippen LogP contribution in [-0.2, 0) is 13.6 Å². The zero-order chi connectivity index (χ0) is 18.3. The van der Waals surface area contributed by atoms with Gasteiger partial charge in [-0.2, -0.15) is 0 Å². The van der Waals surface area contributed by atoms with Crippen LogP contribution in [-0.4, -0.2) is 32.6 Å². The van der Waals surface area contributed by atoms with Crippen LogP contribution in [0.4, 0.5) is 0 Å². The van der Waals surface area contributed by atoms with E-state index < -0.39 is 0 Å². The lowest BCUT2D eigenvalue weighted by Gasteiger charge is -2.32. The van der Waals surface area contributed by atoms with Gasteiger partial charge in [-0.1, -0.05) is 12.1 Å². The molecule has 1 fully saturated rings. The average molecular weight is 369 g/mol. The number of thiazole rings is 1. The first-order valence-corrected chi connectivity index (χ1v) is 9.81. The van der Waals surface area contributed by atoms with E-state index in [9.17, 15) is 9.90 Å². The summed E-state index contributed by atoms with van der Waals surface area (Å²) in [5.74, 6) is 0.283. The number of hydrogen-bond donors (Lipinski definition) is 1. The Morgan fingerprint density at radius 2 is 2.15 bits per heavy atom. The maximum Gasteiger partial charge on any atom is 0.223 e. The molecule has 136 valence electrons. The van der Waals surface area contributed by atoms with Gasteiger partial charge in [0.2, 0.25) is 5.43 Å². The first-order chi connectivity index (χ1) is 12.5. The Bertz CT molecular complexity index is 975. The van der Waals surface area contributed by atoms with Gasteiger partial charge in [0.1, 0.15) is 0 Å². The summed E-state index contributed by atoms with van der Waals surface area (Å²) in [5.41, 5.74) is 2.33. The van der Waals surface area contributed by atoms with Crippen molar-refractivity contribution >= 4 is 21.6 Å². The summed E-state index contributed by atoms with van der Waals surface area (Å²) in [4.78, 5) is 19.1. The van der Waals surface area contributed by atoms with E-state index >= 15 is 0 Å². The van der Waals surface area contributed by atoms with Gasteiger partial charge in [-0.25, -0.2) is 4.98 Å². The molecule has 1 saturated heterocycles. The van der Waals surface area contributed by atoms with Crippen molar-refractivity contribution in [2.24, 2.45) is 7.05 Å². The molecule has 1 aromatic carbocycles. The van der Waals surface area contributed by atoms with Crippen LogP contribution in [0.1, 0.15) is 35.2 Å². The lowest BCUT2D eigenvalue weighted by atomic mass is 9.98. The second-order valence-corrected chi connectivity index (χ2v) is 8.16. The molecule has 1 atom stereocenters. The van der Waals surface area contributed by atoms with Gasteiger partial charge in [0.15, 0.2) is 5.75 Å². The number of piperidine rings is 1. The van der Waals surface area contributed by atoms with Gasteiger partial charge in [-0.3, -0.25) is 9.69 Å². The van der Waals surface area contributed by atoms with Crippen molar-refractivity contribution in [3.05, 3.63) is 57.0 Å². The molecular formula is C20H23N3O2S. The smallest absolute Gasteiger partial charge is 0.223 e. The van der Waals surface area contributed by atoms with Crippen molar-refractivity contribution < 1.29 is 5.11 Å². The van der Waals surface area contributed by atoms with Crippen LogP contribution in [0.5, 0.6) is 5.75 Å². The van der Waals surface area contributed by atoms with Gasteiger partial charge in [-0.15, -0.1) is 11.3 Å². The minimum Gasteiger partial charge on any atom is -0.503 e. The molecule has 0 radical (unpaired) electrons. The first-order valence-electron chi connectivity index (χ1n) is 8.99. The third-order valence-electron chi connectivity index (χ3n) is 5.32. The minimum absolute atomic E-state index is 0.125. The van der Waals surface area contributed by atoms with Crippen molar-refractivity contribution in [2.45, 2.75) is 32.2 Å². The average Bonchev–Trinajstić information content (AvgIpc) is 3.08. The fourth-order valence-electron chi connectivity index (χ4n) is 3.73. The van der Waals surface area contributed by atoms with Crippen LogP contribution in [0.15, 0.2) is 35.1 Å². The van der Waals surface area contributed by atoms with Crippen LogP contribution in [0, 0.1) is 6.92 Å². The molecule has 26 heavy (non-hydrogen) atoms. The van der Waals surface area contributed by atoms with E-state index in [-0.39, 0.29) is 11.2 Å². The van der Waals surface area contributed by atoms with E-state index in [0.29, 0.717) is 18.2 Å². The zero-order valence-corrected chi connectivity index (χ0v) is 15.9. The van der Waals surface area contributed by atoms with Crippen LogP contribution < -0.4 is 5.43 Å². The Labute approximate surface area is 156 Å². The molecule has 0 unspecified atom stereocenters. The molecule has 2 aromatic heterocycles. The molecule has 0 saturated carbocycles. The van der Waals surface area contributed by atoms with Gasteiger partial charge >= 0.3 is 0 Å². The number of rotatable bonds is 3. The van der Waals surface area contributed by atoms with Crippen molar-refractivity contribution in [1.29, 1.82) is 0 Å². The Balaban J connectivity index is 1.57. The van der Waals surface area contributed by atoms with Crippen LogP contribution in [0.25, 0.3) is 10.2 Å². The summed E-state index contributed by atoms with van der Waals surface area (Å²) in [7, 11) is 1.90. The highest BCUT2D eigenvalue weighted by Crippen LogP contribution is 2.33. The molecule has 0 aliphatic carbocycles. The Hall–Kier alpha value is -2.18. The number of pyridine rings is 1. The molecule has 1 aliphatic heterocycles. The molecule has 3 heterocycles. The largest absolute Gasteiger partial charge is 0.503 e. The number of fused-ring (bicyclic) bond motifs is 1. The molecule has 0 amide bonds. The highest BCUT2D eigenvalue weighted by Gasteiger charge is 2.25. The van der Waals surface area contributed by atoms with E-state index in [1.54, 1.807) is 11.3 Å². The number of nitrogens with zero attached hydrogens (tertiary/aromatic N) is 3.